The lowest BCUT2D eigenvalue weighted by molar-refractivity contribution is 0.105. The van der Waals surface area contributed by atoms with Crippen LogP contribution >= 0.6 is 0 Å². The Morgan fingerprint density at radius 1 is 1.24 bits per heavy atom. The summed E-state index contributed by atoms with van der Waals surface area (Å²) < 4.78 is 0. The third kappa shape index (κ3) is 5.89. The summed E-state index contributed by atoms with van der Waals surface area (Å²) in [7, 11) is 0. The Labute approximate surface area is 103 Å². The predicted octanol–water partition coefficient (Wildman–Crippen LogP) is 2.65. The van der Waals surface area contributed by atoms with Crippen LogP contribution < -0.4 is 5.32 Å². The molecule has 90 valence electrons. The van der Waals surface area contributed by atoms with Crippen molar-refractivity contribution in [2.45, 2.75) is 26.2 Å². The number of rotatable bonds is 6. The predicted molar refractivity (Wildman–Crippen MR) is 70.9 cm³/mol. The number of ketones is 1. The zero-order valence-electron chi connectivity index (χ0n) is 10.3. The van der Waals surface area contributed by atoms with E-state index in [-0.39, 0.29) is 5.78 Å². The molecule has 0 spiro atoms. The Hall–Kier alpha value is -1.59. The molecule has 0 unspecified atom stereocenters. The summed E-state index contributed by atoms with van der Waals surface area (Å²) in [6, 6.07) is 9.15. The number of hydrogen-bond acceptors (Lipinski definition) is 2. The highest BCUT2D eigenvalue weighted by molar-refractivity contribution is 6.08. The van der Waals surface area contributed by atoms with E-state index in [2.05, 4.69) is 24.1 Å². The second kappa shape index (κ2) is 8.55. The van der Waals surface area contributed by atoms with Crippen LogP contribution in [0.2, 0.25) is 0 Å². The van der Waals surface area contributed by atoms with Crippen molar-refractivity contribution in [2.75, 3.05) is 13.1 Å². The molecule has 0 saturated carbocycles. The zero-order valence-corrected chi connectivity index (χ0v) is 10.3. The van der Waals surface area contributed by atoms with Gasteiger partial charge in [0.05, 0.1) is 6.54 Å². The molecule has 2 heteroatoms. The fourth-order valence-electron chi connectivity index (χ4n) is 1.44. The summed E-state index contributed by atoms with van der Waals surface area (Å²) >= 11 is 0. The Morgan fingerprint density at radius 2 is 2.00 bits per heavy atom. The minimum absolute atomic E-state index is 0.110. The van der Waals surface area contributed by atoms with Crippen LogP contribution in [0.1, 0.15) is 36.5 Å². The maximum absolute atomic E-state index is 11.6. The maximum atomic E-state index is 11.6. The van der Waals surface area contributed by atoms with Gasteiger partial charge in [-0.15, -0.1) is 0 Å². The first kappa shape index (κ1) is 13.5. The van der Waals surface area contributed by atoms with Crippen molar-refractivity contribution in [2.24, 2.45) is 0 Å². The molecule has 0 aromatic heterocycles. The van der Waals surface area contributed by atoms with Gasteiger partial charge < -0.3 is 5.32 Å². The molecule has 1 aromatic rings. The molecule has 0 atom stereocenters. The number of Topliss-reactive ketones (excluding diaryl/α,β-unsaturated/α-hetero) is 1. The van der Waals surface area contributed by atoms with Crippen LogP contribution in [-0.2, 0) is 0 Å². The fourth-order valence-corrected chi connectivity index (χ4v) is 1.44. The average molecular weight is 229 g/mol. The van der Waals surface area contributed by atoms with Gasteiger partial charge in [-0.3, -0.25) is 4.79 Å². The summed E-state index contributed by atoms with van der Waals surface area (Å²) in [4.78, 5) is 11.6. The van der Waals surface area contributed by atoms with Crippen LogP contribution in [0.25, 0.3) is 0 Å². The van der Waals surface area contributed by atoms with E-state index in [0.717, 1.165) is 6.54 Å². The number of unbranched alkanes of at least 4 members (excludes halogenated alkanes) is 2. The minimum Gasteiger partial charge on any atom is -0.306 e. The summed E-state index contributed by atoms with van der Waals surface area (Å²) in [6.45, 7) is 3.74. The SMILES string of the molecule is CCCCCNCC#CC(=O)c1ccccc1. The van der Waals surface area contributed by atoms with Crippen molar-refractivity contribution < 1.29 is 4.79 Å². The van der Waals surface area contributed by atoms with E-state index in [1.807, 2.05) is 18.2 Å². The monoisotopic (exact) mass is 229 g/mol. The first-order valence-electron chi connectivity index (χ1n) is 6.13. The Kier molecular flexibility index (Phi) is 6.78. The van der Waals surface area contributed by atoms with E-state index in [9.17, 15) is 4.79 Å². The molecule has 1 rings (SSSR count). The quantitative estimate of drug-likeness (QED) is 0.352. The average Bonchev–Trinajstić information content (AvgIpc) is 2.38. The molecule has 0 fully saturated rings. The Bertz CT molecular complexity index is 386. The minimum atomic E-state index is -0.110. The first-order valence-corrected chi connectivity index (χ1v) is 6.13. The molecule has 17 heavy (non-hydrogen) atoms. The second-order valence-corrected chi connectivity index (χ2v) is 3.88. The van der Waals surface area contributed by atoms with Crippen LogP contribution in [0.5, 0.6) is 0 Å². The third-order valence-corrected chi connectivity index (χ3v) is 2.41. The van der Waals surface area contributed by atoms with Gasteiger partial charge in [-0.2, -0.15) is 0 Å². The van der Waals surface area contributed by atoms with Crippen molar-refractivity contribution >= 4 is 5.78 Å². The zero-order chi connectivity index (χ0) is 12.3. The summed E-state index contributed by atoms with van der Waals surface area (Å²) in [5.74, 6) is 5.38. The number of carbonyl (C=O) groups excluding carboxylic acids is 1. The van der Waals surface area contributed by atoms with E-state index < -0.39 is 0 Å². The van der Waals surface area contributed by atoms with Gasteiger partial charge >= 0.3 is 0 Å². The normalized spacial score (nSPS) is 9.47. The van der Waals surface area contributed by atoms with E-state index in [4.69, 9.17) is 0 Å². The van der Waals surface area contributed by atoms with Crippen molar-refractivity contribution in [3.8, 4) is 11.8 Å². The first-order chi connectivity index (χ1) is 8.34. The van der Waals surface area contributed by atoms with Gasteiger partial charge in [-0.1, -0.05) is 56.0 Å². The highest BCUT2D eigenvalue weighted by Crippen LogP contribution is 1.98. The van der Waals surface area contributed by atoms with Crippen LogP contribution in [-0.4, -0.2) is 18.9 Å². The van der Waals surface area contributed by atoms with Crippen molar-refractivity contribution in [3.05, 3.63) is 35.9 Å². The maximum Gasteiger partial charge on any atom is 0.235 e. The Balaban J connectivity index is 2.23. The van der Waals surface area contributed by atoms with Gasteiger partial charge in [0, 0.05) is 5.56 Å². The second-order valence-electron chi connectivity index (χ2n) is 3.88. The van der Waals surface area contributed by atoms with Gasteiger partial charge in [-0.25, -0.2) is 0 Å². The van der Waals surface area contributed by atoms with Crippen LogP contribution in [0.3, 0.4) is 0 Å². The molecular weight excluding hydrogens is 210 g/mol. The number of carbonyl (C=O) groups is 1. The lowest BCUT2D eigenvalue weighted by Crippen LogP contribution is -2.15. The lowest BCUT2D eigenvalue weighted by atomic mass is 10.1. The standard InChI is InChI=1S/C15H19NO/c1-2-3-7-12-16-13-8-11-15(17)14-9-5-4-6-10-14/h4-6,9-10,16H,2-3,7,12-13H2,1H3. The molecule has 0 aliphatic heterocycles. The smallest absolute Gasteiger partial charge is 0.235 e. The van der Waals surface area contributed by atoms with Gasteiger partial charge in [0.1, 0.15) is 0 Å². The van der Waals surface area contributed by atoms with Crippen LogP contribution in [0, 0.1) is 11.8 Å². The van der Waals surface area contributed by atoms with Crippen LogP contribution in [0.15, 0.2) is 30.3 Å². The molecule has 0 heterocycles. The molecule has 0 aliphatic carbocycles. The van der Waals surface area contributed by atoms with E-state index >= 15 is 0 Å². The molecule has 1 N–H and O–H groups in total. The Morgan fingerprint density at radius 3 is 2.71 bits per heavy atom. The molecule has 0 saturated heterocycles. The summed E-state index contributed by atoms with van der Waals surface area (Å²) in [5.41, 5.74) is 0.658. The van der Waals surface area contributed by atoms with Crippen molar-refractivity contribution in [3.63, 3.8) is 0 Å². The van der Waals surface area contributed by atoms with Gasteiger partial charge in [0.15, 0.2) is 0 Å². The largest absolute Gasteiger partial charge is 0.306 e. The molecule has 2 nitrogen and oxygen atoms in total. The van der Waals surface area contributed by atoms with E-state index in [1.54, 1.807) is 12.1 Å². The van der Waals surface area contributed by atoms with Gasteiger partial charge in [0.2, 0.25) is 5.78 Å². The molecular formula is C15H19NO. The highest BCUT2D eigenvalue weighted by atomic mass is 16.1. The van der Waals surface area contributed by atoms with E-state index in [0.29, 0.717) is 12.1 Å². The third-order valence-electron chi connectivity index (χ3n) is 2.41. The lowest BCUT2D eigenvalue weighted by Gasteiger charge is -1.97. The molecule has 0 bridgehead atoms. The fraction of sp³-hybridized carbons (Fsp3) is 0.400. The van der Waals surface area contributed by atoms with Crippen molar-refractivity contribution in [1.29, 1.82) is 0 Å². The number of nitrogens with one attached hydrogen (secondary N) is 1. The topological polar surface area (TPSA) is 29.1 Å². The molecule has 1 aromatic carbocycles. The number of benzene rings is 1. The molecule has 0 amide bonds. The van der Waals surface area contributed by atoms with Crippen LogP contribution in [0.4, 0.5) is 0 Å². The highest BCUT2D eigenvalue weighted by Gasteiger charge is 1.98. The molecule has 0 aliphatic rings. The van der Waals surface area contributed by atoms with Gasteiger partial charge in [-0.05, 0) is 18.9 Å². The van der Waals surface area contributed by atoms with Crippen molar-refractivity contribution in [1.82, 2.24) is 5.32 Å². The summed E-state index contributed by atoms with van der Waals surface area (Å²) in [6.07, 6.45) is 3.63. The molecule has 0 radical (unpaired) electrons. The van der Waals surface area contributed by atoms with Gasteiger partial charge in [0.25, 0.3) is 0 Å². The van der Waals surface area contributed by atoms with E-state index in [1.165, 1.54) is 19.3 Å². The summed E-state index contributed by atoms with van der Waals surface area (Å²) in [5, 5.41) is 3.20. The number of hydrogen-bond donors (Lipinski definition) is 1.